The summed E-state index contributed by atoms with van der Waals surface area (Å²) in [5, 5.41) is 0. The van der Waals surface area contributed by atoms with E-state index in [1.54, 1.807) is 12.3 Å². The lowest BCUT2D eigenvalue weighted by atomic mass is 10.3. The van der Waals surface area contributed by atoms with Crippen LogP contribution in [0.25, 0.3) is 0 Å². The van der Waals surface area contributed by atoms with Gasteiger partial charge in [-0.25, -0.2) is 4.99 Å². The number of amidine groups is 1. The van der Waals surface area contributed by atoms with E-state index in [-0.39, 0.29) is 0 Å². The highest BCUT2D eigenvalue weighted by Gasteiger charge is 1.96. The Bertz CT molecular complexity index is 153. The quantitative estimate of drug-likeness (QED) is 0.464. The van der Waals surface area contributed by atoms with E-state index < -0.39 is 0 Å². The average Bonchev–Trinajstić information content (AvgIpc) is 1.91. The first-order valence-corrected chi connectivity index (χ1v) is 2.00. The van der Waals surface area contributed by atoms with Crippen molar-refractivity contribution in [3.05, 3.63) is 24.4 Å². The molecule has 1 aliphatic rings. The van der Waals surface area contributed by atoms with Gasteiger partial charge in [0.05, 0.1) is 0 Å². The zero-order chi connectivity index (χ0) is 5.28. The van der Waals surface area contributed by atoms with Crippen molar-refractivity contribution < 1.29 is 0 Å². The average molecular weight is 94.1 g/mol. The highest BCUT2D eigenvalue weighted by molar-refractivity contribution is 6.01. The zero-order valence-corrected chi connectivity index (χ0v) is 3.89. The Balaban J connectivity index is 2.89. The Labute approximate surface area is 42.0 Å². The summed E-state index contributed by atoms with van der Waals surface area (Å²) in [5.41, 5.74) is 6.07. The second-order valence-corrected chi connectivity index (χ2v) is 1.36. The van der Waals surface area contributed by atoms with Gasteiger partial charge < -0.3 is 5.73 Å². The van der Waals surface area contributed by atoms with Crippen LogP contribution in [0.1, 0.15) is 0 Å². The summed E-state index contributed by atoms with van der Waals surface area (Å²) in [6, 6.07) is 0. The maximum Gasteiger partial charge on any atom is 0.130 e. The summed E-state index contributed by atoms with van der Waals surface area (Å²) in [5.74, 6) is 0.528. The van der Waals surface area contributed by atoms with Gasteiger partial charge in [0.1, 0.15) is 5.84 Å². The fourth-order valence-corrected chi connectivity index (χ4v) is 0.376. The Kier molecular flexibility index (Phi) is 0.719. The monoisotopic (exact) mass is 94.1 g/mol. The van der Waals surface area contributed by atoms with Gasteiger partial charge in [-0.3, -0.25) is 0 Å². The van der Waals surface area contributed by atoms with Crippen LogP contribution in [-0.2, 0) is 0 Å². The van der Waals surface area contributed by atoms with Crippen LogP contribution in [0.4, 0.5) is 0 Å². The standard InChI is InChI=1S/C5H6N2/c1-4-2-3-7-5(4)6/h2-3H,1H2,(H2,6,7). The van der Waals surface area contributed by atoms with Crippen LogP contribution in [0, 0.1) is 0 Å². The molecule has 7 heavy (non-hydrogen) atoms. The predicted octanol–water partition coefficient (Wildman–Crippen LogP) is 0.427. The lowest BCUT2D eigenvalue weighted by Gasteiger charge is -1.85. The Morgan fingerprint density at radius 2 is 2.43 bits per heavy atom. The van der Waals surface area contributed by atoms with Gasteiger partial charge in [-0.15, -0.1) is 0 Å². The smallest absolute Gasteiger partial charge is 0.130 e. The predicted molar refractivity (Wildman–Crippen MR) is 29.9 cm³/mol. The van der Waals surface area contributed by atoms with Crippen molar-refractivity contribution in [3.8, 4) is 0 Å². The lowest BCUT2D eigenvalue weighted by molar-refractivity contribution is 1.56. The van der Waals surface area contributed by atoms with E-state index in [9.17, 15) is 0 Å². The molecule has 0 radical (unpaired) electrons. The lowest BCUT2D eigenvalue weighted by Crippen LogP contribution is -2.08. The number of hydrogen-bond acceptors (Lipinski definition) is 2. The molecule has 0 saturated heterocycles. The maximum absolute atomic E-state index is 5.27. The molecule has 0 aromatic carbocycles. The van der Waals surface area contributed by atoms with Gasteiger partial charge in [-0.2, -0.15) is 0 Å². The molecule has 0 atom stereocenters. The minimum Gasteiger partial charge on any atom is -0.383 e. The Morgan fingerprint density at radius 1 is 1.71 bits per heavy atom. The van der Waals surface area contributed by atoms with E-state index in [2.05, 4.69) is 11.6 Å². The van der Waals surface area contributed by atoms with Crippen molar-refractivity contribution in [2.24, 2.45) is 10.7 Å². The van der Waals surface area contributed by atoms with Crippen molar-refractivity contribution in [2.45, 2.75) is 0 Å². The third kappa shape index (κ3) is 0.538. The summed E-state index contributed by atoms with van der Waals surface area (Å²) < 4.78 is 0. The van der Waals surface area contributed by atoms with Crippen LogP contribution >= 0.6 is 0 Å². The van der Waals surface area contributed by atoms with E-state index >= 15 is 0 Å². The van der Waals surface area contributed by atoms with Gasteiger partial charge in [0, 0.05) is 11.8 Å². The van der Waals surface area contributed by atoms with Gasteiger partial charge in [0.25, 0.3) is 0 Å². The molecule has 0 unspecified atom stereocenters. The topological polar surface area (TPSA) is 38.4 Å². The molecule has 0 aromatic rings. The minimum absolute atomic E-state index is 0.528. The zero-order valence-electron chi connectivity index (χ0n) is 3.89. The maximum atomic E-state index is 5.27. The number of nitrogens with two attached hydrogens (primary N) is 1. The van der Waals surface area contributed by atoms with Gasteiger partial charge in [-0.1, -0.05) is 6.58 Å². The summed E-state index contributed by atoms with van der Waals surface area (Å²) in [6.07, 6.45) is 3.41. The van der Waals surface area contributed by atoms with Gasteiger partial charge in [-0.05, 0) is 6.08 Å². The SMILES string of the molecule is C=C1C=CN=C1N. The van der Waals surface area contributed by atoms with Crippen molar-refractivity contribution in [1.82, 2.24) is 0 Å². The largest absolute Gasteiger partial charge is 0.383 e. The highest BCUT2D eigenvalue weighted by atomic mass is 14.9. The molecule has 36 valence electrons. The van der Waals surface area contributed by atoms with Crippen molar-refractivity contribution >= 4 is 5.84 Å². The van der Waals surface area contributed by atoms with E-state index in [1.165, 1.54) is 0 Å². The van der Waals surface area contributed by atoms with Crippen LogP contribution in [0.15, 0.2) is 29.4 Å². The molecule has 2 N–H and O–H groups in total. The summed E-state index contributed by atoms with van der Waals surface area (Å²) in [6.45, 7) is 3.59. The normalized spacial score (nSPS) is 17.7. The van der Waals surface area contributed by atoms with Crippen molar-refractivity contribution in [3.63, 3.8) is 0 Å². The number of aliphatic imine (C=N–C) groups is 1. The van der Waals surface area contributed by atoms with E-state index in [0.29, 0.717) is 5.84 Å². The van der Waals surface area contributed by atoms with Gasteiger partial charge in [0.15, 0.2) is 0 Å². The van der Waals surface area contributed by atoms with E-state index in [0.717, 1.165) is 5.57 Å². The Hall–Kier alpha value is -1.05. The molecule has 0 aromatic heterocycles. The molecule has 2 nitrogen and oxygen atoms in total. The van der Waals surface area contributed by atoms with Crippen molar-refractivity contribution in [2.75, 3.05) is 0 Å². The molecular formula is C5H6N2. The molecule has 1 aliphatic heterocycles. The Morgan fingerprint density at radius 3 is 2.57 bits per heavy atom. The number of rotatable bonds is 0. The first-order valence-electron chi connectivity index (χ1n) is 2.00. The molecule has 0 spiro atoms. The molecule has 2 heteroatoms. The first kappa shape index (κ1) is 4.12. The molecule has 0 bridgehead atoms. The first-order chi connectivity index (χ1) is 3.30. The molecule has 0 fully saturated rings. The number of hydrogen-bond donors (Lipinski definition) is 1. The number of nitrogens with zero attached hydrogens (tertiary/aromatic N) is 1. The third-order valence-corrected chi connectivity index (χ3v) is 0.818. The van der Waals surface area contributed by atoms with Gasteiger partial charge in [0.2, 0.25) is 0 Å². The molecule has 0 amide bonds. The fourth-order valence-electron chi connectivity index (χ4n) is 0.376. The molecule has 1 rings (SSSR count). The van der Waals surface area contributed by atoms with Crippen LogP contribution < -0.4 is 5.73 Å². The second-order valence-electron chi connectivity index (χ2n) is 1.36. The molecule has 1 heterocycles. The van der Waals surface area contributed by atoms with Crippen molar-refractivity contribution in [1.29, 1.82) is 0 Å². The van der Waals surface area contributed by atoms with Crippen LogP contribution in [0.5, 0.6) is 0 Å². The second kappa shape index (κ2) is 1.22. The van der Waals surface area contributed by atoms with Crippen LogP contribution in [0.3, 0.4) is 0 Å². The van der Waals surface area contributed by atoms with Crippen LogP contribution in [0.2, 0.25) is 0 Å². The van der Waals surface area contributed by atoms with E-state index in [4.69, 9.17) is 5.73 Å². The summed E-state index contributed by atoms with van der Waals surface area (Å²) in [7, 11) is 0. The van der Waals surface area contributed by atoms with Crippen LogP contribution in [-0.4, -0.2) is 5.84 Å². The third-order valence-electron chi connectivity index (χ3n) is 0.818. The fraction of sp³-hybridized carbons (Fsp3) is 0. The summed E-state index contributed by atoms with van der Waals surface area (Å²) in [4.78, 5) is 3.73. The molecule has 0 aliphatic carbocycles. The molecule has 0 saturated carbocycles. The van der Waals surface area contributed by atoms with Gasteiger partial charge >= 0.3 is 0 Å². The minimum atomic E-state index is 0.528. The van der Waals surface area contributed by atoms with E-state index in [1.807, 2.05) is 0 Å². The highest BCUT2D eigenvalue weighted by Crippen LogP contribution is 1.99. The summed E-state index contributed by atoms with van der Waals surface area (Å²) >= 11 is 0. The molecular weight excluding hydrogens is 88.1 g/mol.